The lowest BCUT2D eigenvalue weighted by Crippen LogP contribution is -1.91. The van der Waals surface area contributed by atoms with Gasteiger partial charge in [0, 0.05) is 0 Å². The van der Waals surface area contributed by atoms with Crippen LogP contribution in [-0.2, 0) is 0 Å². The smallest absolute Gasteiger partial charge is 0.0696 e. The lowest BCUT2D eigenvalue weighted by molar-refractivity contribution is 0.244. The van der Waals surface area contributed by atoms with E-state index >= 15 is 0 Å². The zero-order valence-corrected chi connectivity index (χ0v) is 6.83. The Kier molecular flexibility index (Phi) is 5.13. The second-order valence-electron chi connectivity index (χ2n) is 2.21. The lowest BCUT2D eigenvalue weighted by Gasteiger charge is -1.93. The Hall–Kier alpha value is -1.08. The van der Waals surface area contributed by atoms with E-state index in [-0.39, 0.29) is 0 Å². The molecule has 0 aliphatic carbocycles. The van der Waals surface area contributed by atoms with Crippen molar-refractivity contribution in [2.45, 2.75) is 13.0 Å². The molecule has 0 rings (SSSR count). The van der Waals surface area contributed by atoms with Crippen LogP contribution >= 0.6 is 0 Å². The Balaban J connectivity index is 4.18. The summed E-state index contributed by atoms with van der Waals surface area (Å²) in [4.78, 5) is 0. The highest BCUT2D eigenvalue weighted by Crippen LogP contribution is 1.99. The summed E-state index contributed by atoms with van der Waals surface area (Å²) in [6, 6.07) is 0. The first-order valence-electron chi connectivity index (χ1n) is 3.52. The van der Waals surface area contributed by atoms with E-state index in [9.17, 15) is 0 Å². The van der Waals surface area contributed by atoms with Crippen LogP contribution in [0.5, 0.6) is 0 Å². The van der Waals surface area contributed by atoms with Gasteiger partial charge in [0.1, 0.15) is 0 Å². The molecule has 0 saturated heterocycles. The van der Waals surface area contributed by atoms with Gasteiger partial charge in [-0.25, -0.2) is 0 Å². The maximum Gasteiger partial charge on any atom is 0.0696 e. The topological polar surface area (TPSA) is 20.2 Å². The molecule has 1 heteroatoms. The van der Waals surface area contributed by atoms with Gasteiger partial charge in [0.25, 0.3) is 0 Å². The van der Waals surface area contributed by atoms with E-state index in [0.717, 1.165) is 5.57 Å². The molecule has 1 atom stereocenters. The minimum atomic E-state index is -0.414. The third-order valence-electron chi connectivity index (χ3n) is 1.11. The molecule has 60 valence electrons. The van der Waals surface area contributed by atoms with Crippen molar-refractivity contribution in [3.8, 4) is 0 Å². The average molecular weight is 150 g/mol. The fraction of sp³-hybridized carbons (Fsp3) is 0.200. The van der Waals surface area contributed by atoms with Crippen LogP contribution in [0.2, 0.25) is 0 Å². The maximum absolute atomic E-state index is 8.89. The van der Waals surface area contributed by atoms with E-state index < -0.39 is 6.10 Å². The number of hydrogen-bond acceptors (Lipinski definition) is 1. The minimum absolute atomic E-state index is 0.414. The first-order valence-corrected chi connectivity index (χ1v) is 3.52. The van der Waals surface area contributed by atoms with Crippen molar-refractivity contribution >= 4 is 0 Å². The molecule has 0 saturated carbocycles. The molecule has 1 nitrogen and oxygen atoms in total. The van der Waals surface area contributed by atoms with Crippen molar-refractivity contribution in [2.75, 3.05) is 0 Å². The van der Waals surface area contributed by atoms with Crippen LogP contribution in [0.4, 0.5) is 0 Å². The van der Waals surface area contributed by atoms with Crippen LogP contribution in [-0.4, -0.2) is 11.2 Å². The molecule has 1 N–H and O–H groups in total. The first-order chi connectivity index (χ1) is 5.20. The van der Waals surface area contributed by atoms with E-state index in [1.165, 1.54) is 0 Å². The third-order valence-corrected chi connectivity index (χ3v) is 1.11. The fourth-order valence-electron chi connectivity index (χ4n) is 0.578. The third kappa shape index (κ3) is 5.37. The summed E-state index contributed by atoms with van der Waals surface area (Å²) < 4.78 is 0. The Morgan fingerprint density at radius 1 is 1.45 bits per heavy atom. The number of aliphatic hydroxyl groups excluding tert-OH is 1. The molecule has 11 heavy (non-hydrogen) atoms. The molecule has 0 aliphatic heterocycles. The zero-order valence-electron chi connectivity index (χ0n) is 6.83. The average Bonchev–Trinajstić information content (AvgIpc) is 1.97. The van der Waals surface area contributed by atoms with Crippen molar-refractivity contribution in [3.63, 3.8) is 0 Å². The highest BCUT2D eigenvalue weighted by Gasteiger charge is 1.85. The molecule has 0 amide bonds. The highest BCUT2D eigenvalue weighted by molar-refractivity contribution is 5.32. The Bertz CT molecular complexity index is 185. The summed E-state index contributed by atoms with van der Waals surface area (Å²) in [5.74, 6) is 0. The van der Waals surface area contributed by atoms with Gasteiger partial charge >= 0.3 is 0 Å². The lowest BCUT2D eigenvalue weighted by atomic mass is 10.2. The van der Waals surface area contributed by atoms with Crippen LogP contribution in [0.1, 0.15) is 6.92 Å². The minimum Gasteiger partial charge on any atom is -0.389 e. The van der Waals surface area contributed by atoms with Crippen molar-refractivity contribution in [1.29, 1.82) is 0 Å². The number of rotatable bonds is 4. The SMILES string of the molecule is C=C/C=C(C=C)/C=C/C(C)O. The molecule has 0 spiro atoms. The normalized spacial score (nSPS) is 14.9. The standard InChI is InChI=1S/C10H14O/c1-4-6-10(5-2)8-7-9(3)11/h4-9,11H,1-2H2,3H3/b8-7+,10-6+. The number of hydrogen-bond donors (Lipinski definition) is 1. The van der Waals surface area contributed by atoms with E-state index in [0.29, 0.717) is 0 Å². The number of allylic oxidation sites excluding steroid dienone is 5. The largest absolute Gasteiger partial charge is 0.389 e. The zero-order chi connectivity index (χ0) is 8.69. The molecule has 0 bridgehead atoms. The molecule has 1 unspecified atom stereocenters. The summed E-state index contributed by atoms with van der Waals surface area (Å²) in [7, 11) is 0. The van der Waals surface area contributed by atoms with Crippen LogP contribution in [0.15, 0.2) is 49.1 Å². The monoisotopic (exact) mass is 150 g/mol. The summed E-state index contributed by atoms with van der Waals surface area (Å²) in [5.41, 5.74) is 0.945. The van der Waals surface area contributed by atoms with Gasteiger partial charge in [-0.1, -0.05) is 43.5 Å². The van der Waals surface area contributed by atoms with Crippen molar-refractivity contribution < 1.29 is 5.11 Å². The van der Waals surface area contributed by atoms with Crippen molar-refractivity contribution in [1.82, 2.24) is 0 Å². The van der Waals surface area contributed by atoms with Gasteiger partial charge in [0.15, 0.2) is 0 Å². The fourth-order valence-corrected chi connectivity index (χ4v) is 0.578. The molecule has 0 fully saturated rings. The molecule has 0 radical (unpaired) electrons. The van der Waals surface area contributed by atoms with E-state index in [4.69, 9.17) is 5.11 Å². The molecule has 0 aromatic rings. The van der Waals surface area contributed by atoms with Gasteiger partial charge in [0.2, 0.25) is 0 Å². The van der Waals surface area contributed by atoms with Crippen LogP contribution in [0.3, 0.4) is 0 Å². The predicted molar refractivity (Wildman–Crippen MR) is 49.3 cm³/mol. The van der Waals surface area contributed by atoms with Gasteiger partial charge in [-0.15, -0.1) is 0 Å². The Labute approximate surface area is 68.1 Å². The summed E-state index contributed by atoms with van der Waals surface area (Å²) in [5, 5.41) is 8.89. The Morgan fingerprint density at radius 2 is 2.09 bits per heavy atom. The first kappa shape index (κ1) is 9.92. The van der Waals surface area contributed by atoms with E-state index in [1.807, 2.05) is 6.08 Å². The number of aliphatic hydroxyl groups is 1. The summed E-state index contributed by atoms with van der Waals surface area (Å²) >= 11 is 0. The van der Waals surface area contributed by atoms with Crippen molar-refractivity contribution in [2.24, 2.45) is 0 Å². The quantitative estimate of drug-likeness (QED) is 0.609. The van der Waals surface area contributed by atoms with Crippen LogP contribution in [0.25, 0.3) is 0 Å². The Morgan fingerprint density at radius 3 is 2.45 bits per heavy atom. The van der Waals surface area contributed by atoms with Crippen LogP contribution < -0.4 is 0 Å². The van der Waals surface area contributed by atoms with Crippen LogP contribution in [0, 0.1) is 0 Å². The van der Waals surface area contributed by atoms with Gasteiger partial charge in [-0.2, -0.15) is 0 Å². The molecule has 0 aromatic carbocycles. The van der Waals surface area contributed by atoms with Gasteiger partial charge < -0.3 is 5.11 Å². The van der Waals surface area contributed by atoms with E-state index in [2.05, 4.69) is 13.2 Å². The van der Waals surface area contributed by atoms with Gasteiger partial charge in [-0.3, -0.25) is 0 Å². The summed E-state index contributed by atoms with van der Waals surface area (Å²) in [6.07, 6.45) is 8.30. The van der Waals surface area contributed by atoms with E-state index in [1.54, 1.807) is 31.2 Å². The molecule has 0 aromatic heterocycles. The van der Waals surface area contributed by atoms with Gasteiger partial charge in [-0.05, 0) is 12.5 Å². The maximum atomic E-state index is 8.89. The predicted octanol–water partition coefficient (Wildman–Crippen LogP) is 2.22. The molecule has 0 heterocycles. The molecular weight excluding hydrogens is 136 g/mol. The highest BCUT2D eigenvalue weighted by atomic mass is 16.3. The second kappa shape index (κ2) is 5.69. The molecular formula is C10H14O. The summed E-state index contributed by atoms with van der Waals surface area (Å²) in [6.45, 7) is 8.86. The van der Waals surface area contributed by atoms with Gasteiger partial charge in [0.05, 0.1) is 6.10 Å². The molecule has 0 aliphatic rings. The van der Waals surface area contributed by atoms with Crippen molar-refractivity contribution in [3.05, 3.63) is 49.1 Å². The second-order valence-corrected chi connectivity index (χ2v) is 2.21.